The summed E-state index contributed by atoms with van der Waals surface area (Å²) in [6.07, 6.45) is 1.31. The maximum Gasteiger partial charge on any atom is 0.322 e. The third-order valence-electron chi connectivity index (χ3n) is 4.00. The van der Waals surface area contributed by atoms with E-state index in [-0.39, 0.29) is 11.3 Å². The highest BCUT2D eigenvalue weighted by atomic mass is 32.2. The fourth-order valence-electron chi connectivity index (χ4n) is 2.55. The molecule has 0 aliphatic carbocycles. The van der Waals surface area contributed by atoms with Crippen LogP contribution in [0.25, 0.3) is 0 Å². The average Bonchev–Trinajstić information content (AvgIpc) is 2.58. The van der Waals surface area contributed by atoms with Gasteiger partial charge < -0.3 is 10.4 Å². The Morgan fingerprint density at radius 3 is 2.28 bits per heavy atom. The van der Waals surface area contributed by atoms with Crippen molar-refractivity contribution < 1.29 is 18.3 Å². The quantitative estimate of drug-likeness (QED) is 0.668. The Labute approximate surface area is 148 Å². The number of rotatable bonds is 9. The zero-order chi connectivity index (χ0) is 18.3. The van der Waals surface area contributed by atoms with Crippen LogP contribution in [0.5, 0.6) is 0 Å². The summed E-state index contributed by atoms with van der Waals surface area (Å²) in [5, 5.41) is 11.2. The molecule has 2 N–H and O–H groups in total. The van der Waals surface area contributed by atoms with Crippen LogP contribution < -0.4 is 5.32 Å². The minimum atomic E-state index is -3.88. The van der Waals surface area contributed by atoms with Crippen LogP contribution in [0.4, 0.5) is 5.69 Å². The highest BCUT2D eigenvalue weighted by Crippen LogP contribution is 2.21. The SMILES string of the molecule is Cc1ccc(S(=O)(=O)C(CCCCNc2ccccc2)C(=O)O)cc1. The zero-order valence-electron chi connectivity index (χ0n) is 14.2. The third kappa shape index (κ3) is 5.32. The van der Waals surface area contributed by atoms with Crippen LogP contribution in [0.2, 0.25) is 0 Å². The molecule has 0 radical (unpaired) electrons. The summed E-state index contributed by atoms with van der Waals surface area (Å²) >= 11 is 0. The highest BCUT2D eigenvalue weighted by Gasteiger charge is 2.33. The molecular weight excluding hydrogens is 338 g/mol. The topological polar surface area (TPSA) is 83.5 Å². The molecular formula is C19H23NO4S. The number of benzene rings is 2. The molecule has 1 atom stereocenters. The van der Waals surface area contributed by atoms with E-state index in [4.69, 9.17) is 0 Å². The molecule has 134 valence electrons. The number of nitrogens with one attached hydrogen (secondary N) is 1. The van der Waals surface area contributed by atoms with Gasteiger partial charge >= 0.3 is 5.97 Å². The standard InChI is InChI=1S/C19H23NO4S/c1-15-10-12-17(13-11-15)25(23,24)18(19(21)22)9-5-6-14-20-16-7-3-2-4-8-16/h2-4,7-8,10-13,18,20H,5-6,9,14H2,1H3,(H,21,22). The van der Waals surface area contributed by atoms with Crippen LogP contribution in [0.15, 0.2) is 59.5 Å². The van der Waals surface area contributed by atoms with E-state index in [0.717, 1.165) is 11.3 Å². The Kier molecular flexibility index (Phi) is 6.58. The fourth-order valence-corrected chi connectivity index (χ4v) is 4.13. The molecule has 0 saturated heterocycles. The van der Waals surface area contributed by atoms with E-state index in [9.17, 15) is 18.3 Å². The summed E-state index contributed by atoms with van der Waals surface area (Å²) in [6, 6.07) is 16.0. The summed E-state index contributed by atoms with van der Waals surface area (Å²) in [7, 11) is -3.88. The number of unbranched alkanes of at least 4 members (excludes halogenated alkanes) is 1. The zero-order valence-corrected chi connectivity index (χ0v) is 15.0. The summed E-state index contributed by atoms with van der Waals surface area (Å²) in [5.41, 5.74) is 1.92. The van der Waals surface area contributed by atoms with Crippen LogP contribution in [0.3, 0.4) is 0 Å². The summed E-state index contributed by atoms with van der Waals surface area (Å²) < 4.78 is 25.1. The number of aryl methyl sites for hydroxylation is 1. The van der Waals surface area contributed by atoms with Crippen LogP contribution in [0.1, 0.15) is 24.8 Å². The maximum absolute atomic E-state index is 12.6. The predicted molar refractivity (Wildman–Crippen MR) is 98.6 cm³/mol. The van der Waals surface area contributed by atoms with Gasteiger partial charge in [-0.2, -0.15) is 0 Å². The first-order chi connectivity index (χ1) is 11.9. The number of carboxylic acids is 1. The van der Waals surface area contributed by atoms with Crippen molar-refractivity contribution in [3.8, 4) is 0 Å². The Hall–Kier alpha value is -2.34. The van der Waals surface area contributed by atoms with Gasteiger partial charge in [0.05, 0.1) is 4.90 Å². The van der Waals surface area contributed by atoms with Crippen LogP contribution in [-0.4, -0.2) is 31.3 Å². The van der Waals surface area contributed by atoms with Gasteiger partial charge in [-0.25, -0.2) is 8.42 Å². The number of sulfone groups is 1. The lowest BCUT2D eigenvalue weighted by atomic mass is 10.2. The first-order valence-corrected chi connectivity index (χ1v) is 9.78. The van der Waals surface area contributed by atoms with Crippen molar-refractivity contribution >= 4 is 21.5 Å². The minimum Gasteiger partial charge on any atom is -0.480 e. The van der Waals surface area contributed by atoms with Gasteiger partial charge in [0, 0.05) is 12.2 Å². The van der Waals surface area contributed by atoms with Gasteiger partial charge in [0.15, 0.2) is 15.1 Å². The first kappa shape index (κ1) is 19.0. The van der Waals surface area contributed by atoms with E-state index in [0.29, 0.717) is 19.4 Å². The Morgan fingerprint density at radius 1 is 1.04 bits per heavy atom. The number of carbonyl (C=O) groups is 1. The highest BCUT2D eigenvalue weighted by molar-refractivity contribution is 7.92. The second-order valence-corrected chi connectivity index (χ2v) is 8.10. The lowest BCUT2D eigenvalue weighted by Crippen LogP contribution is -2.30. The van der Waals surface area contributed by atoms with Crippen molar-refractivity contribution in [2.45, 2.75) is 36.3 Å². The molecule has 0 aromatic heterocycles. The van der Waals surface area contributed by atoms with Crippen molar-refractivity contribution in [2.24, 2.45) is 0 Å². The van der Waals surface area contributed by atoms with Gasteiger partial charge in [-0.3, -0.25) is 4.79 Å². The van der Waals surface area contributed by atoms with E-state index in [1.165, 1.54) is 12.1 Å². The molecule has 2 rings (SSSR count). The maximum atomic E-state index is 12.6. The minimum absolute atomic E-state index is 0.0629. The van der Waals surface area contributed by atoms with Crippen molar-refractivity contribution in [3.05, 3.63) is 60.2 Å². The second-order valence-electron chi connectivity index (χ2n) is 5.97. The number of carboxylic acid groups (broad SMARTS) is 1. The molecule has 0 aliphatic rings. The smallest absolute Gasteiger partial charge is 0.322 e. The van der Waals surface area contributed by atoms with Crippen LogP contribution in [-0.2, 0) is 14.6 Å². The molecule has 0 bridgehead atoms. The van der Waals surface area contributed by atoms with Gasteiger partial charge in [-0.15, -0.1) is 0 Å². The predicted octanol–water partition coefficient (Wildman–Crippen LogP) is 3.50. The van der Waals surface area contributed by atoms with Crippen molar-refractivity contribution in [1.82, 2.24) is 0 Å². The van der Waals surface area contributed by atoms with Gasteiger partial charge in [0.1, 0.15) is 0 Å². The number of anilines is 1. The van der Waals surface area contributed by atoms with E-state index < -0.39 is 21.1 Å². The van der Waals surface area contributed by atoms with Gasteiger partial charge in [-0.05, 0) is 50.5 Å². The molecule has 5 nitrogen and oxygen atoms in total. The van der Waals surface area contributed by atoms with Crippen molar-refractivity contribution in [1.29, 1.82) is 0 Å². The summed E-state index contributed by atoms with van der Waals surface area (Å²) in [5.74, 6) is -1.29. The summed E-state index contributed by atoms with van der Waals surface area (Å²) in [6.45, 7) is 2.52. The molecule has 0 spiro atoms. The average molecular weight is 361 g/mol. The number of aliphatic carboxylic acids is 1. The molecule has 25 heavy (non-hydrogen) atoms. The van der Waals surface area contributed by atoms with Gasteiger partial charge in [0.25, 0.3) is 0 Å². The molecule has 0 amide bonds. The number of para-hydroxylation sites is 1. The van der Waals surface area contributed by atoms with E-state index in [1.807, 2.05) is 37.3 Å². The summed E-state index contributed by atoms with van der Waals surface area (Å²) in [4.78, 5) is 11.5. The van der Waals surface area contributed by atoms with Gasteiger partial charge in [-0.1, -0.05) is 35.9 Å². The fraction of sp³-hybridized carbons (Fsp3) is 0.316. The lowest BCUT2D eigenvalue weighted by Gasteiger charge is -2.14. The largest absolute Gasteiger partial charge is 0.480 e. The molecule has 0 saturated carbocycles. The normalized spacial score (nSPS) is 12.5. The Bertz CT molecular complexity index is 786. The van der Waals surface area contributed by atoms with E-state index in [1.54, 1.807) is 12.1 Å². The van der Waals surface area contributed by atoms with E-state index >= 15 is 0 Å². The second kappa shape index (κ2) is 8.67. The number of hydrogen-bond acceptors (Lipinski definition) is 4. The number of hydrogen-bond donors (Lipinski definition) is 2. The molecule has 0 heterocycles. The van der Waals surface area contributed by atoms with Gasteiger partial charge in [0.2, 0.25) is 0 Å². The van der Waals surface area contributed by atoms with Crippen molar-refractivity contribution in [3.63, 3.8) is 0 Å². The Balaban J connectivity index is 1.92. The molecule has 0 fully saturated rings. The van der Waals surface area contributed by atoms with Crippen molar-refractivity contribution in [2.75, 3.05) is 11.9 Å². The monoisotopic (exact) mass is 361 g/mol. The van der Waals surface area contributed by atoms with Crippen LogP contribution in [0, 0.1) is 6.92 Å². The Morgan fingerprint density at radius 2 is 1.68 bits per heavy atom. The van der Waals surface area contributed by atoms with Crippen LogP contribution >= 0.6 is 0 Å². The third-order valence-corrected chi connectivity index (χ3v) is 6.11. The molecule has 1 unspecified atom stereocenters. The molecule has 2 aromatic rings. The first-order valence-electron chi connectivity index (χ1n) is 8.23. The van der Waals surface area contributed by atoms with E-state index in [2.05, 4.69) is 5.32 Å². The molecule has 6 heteroatoms. The molecule has 2 aromatic carbocycles. The lowest BCUT2D eigenvalue weighted by molar-refractivity contribution is -0.136. The molecule has 0 aliphatic heterocycles.